The Kier molecular flexibility index (Phi) is 4.12. The molecule has 0 saturated carbocycles. The second-order valence-corrected chi connectivity index (χ2v) is 4.26. The van der Waals surface area contributed by atoms with E-state index in [1.807, 2.05) is 23.1 Å². The standard InChI is InChI=1S/C13H19N3O/c14-7-6-13(17)16-9-8-15-10-12(16)11-4-2-1-3-5-11/h1-5,12,15H,6-10,14H2. The lowest BCUT2D eigenvalue weighted by molar-refractivity contribution is -0.134. The largest absolute Gasteiger partial charge is 0.333 e. The Labute approximate surface area is 102 Å². The van der Waals surface area contributed by atoms with Crippen molar-refractivity contribution >= 4 is 5.91 Å². The zero-order chi connectivity index (χ0) is 12.1. The van der Waals surface area contributed by atoms with Crippen molar-refractivity contribution in [2.75, 3.05) is 26.2 Å². The Morgan fingerprint density at radius 1 is 1.41 bits per heavy atom. The highest BCUT2D eigenvalue weighted by Crippen LogP contribution is 2.22. The summed E-state index contributed by atoms with van der Waals surface area (Å²) in [5.74, 6) is 0.155. The molecule has 1 fully saturated rings. The smallest absolute Gasteiger partial charge is 0.224 e. The maximum absolute atomic E-state index is 12.0. The lowest BCUT2D eigenvalue weighted by Gasteiger charge is -2.36. The molecule has 3 N–H and O–H groups in total. The molecule has 1 amide bonds. The molecule has 1 heterocycles. The van der Waals surface area contributed by atoms with Gasteiger partial charge in [0.15, 0.2) is 0 Å². The first-order valence-corrected chi connectivity index (χ1v) is 6.08. The van der Waals surface area contributed by atoms with Gasteiger partial charge in [0, 0.05) is 32.6 Å². The minimum absolute atomic E-state index is 0.143. The van der Waals surface area contributed by atoms with E-state index in [2.05, 4.69) is 17.4 Å². The molecular weight excluding hydrogens is 214 g/mol. The fourth-order valence-electron chi connectivity index (χ4n) is 2.24. The number of benzene rings is 1. The van der Waals surface area contributed by atoms with Gasteiger partial charge in [-0.1, -0.05) is 30.3 Å². The van der Waals surface area contributed by atoms with Crippen LogP contribution >= 0.6 is 0 Å². The molecule has 4 nitrogen and oxygen atoms in total. The summed E-state index contributed by atoms with van der Waals surface area (Å²) in [7, 11) is 0. The molecule has 1 aliphatic rings. The van der Waals surface area contributed by atoms with Gasteiger partial charge >= 0.3 is 0 Å². The van der Waals surface area contributed by atoms with E-state index in [4.69, 9.17) is 5.73 Å². The van der Waals surface area contributed by atoms with Gasteiger partial charge in [-0.05, 0) is 5.56 Å². The maximum atomic E-state index is 12.0. The van der Waals surface area contributed by atoms with Crippen LogP contribution in [0.5, 0.6) is 0 Å². The number of carbonyl (C=O) groups excluding carboxylic acids is 1. The maximum Gasteiger partial charge on any atom is 0.224 e. The van der Waals surface area contributed by atoms with E-state index in [-0.39, 0.29) is 11.9 Å². The quantitative estimate of drug-likeness (QED) is 0.799. The summed E-state index contributed by atoms with van der Waals surface area (Å²) < 4.78 is 0. The van der Waals surface area contributed by atoms with E-state index >= 15 is 0 Å². The SMILES string of the molecule is NCCC(=O)N1CCNCC1c1ccccc1. The highest BCUT2D eigenvalue weighted by atomic mass is 16.2. The fourth-order valence-corrected chi connectivity index (χ4v) is 2.24. The van der Waals surface area contributed by atoms with E-state index in [0.29, 0.717) is 13.0 Å². The molecule has 0 bridgehead atoms. The second kappa shape index (κ2) is 5.80. The topological polar surface area (TPSA) is 58.4 Å². The van der Waals surface area contributed by atoms with Crippen molar-refractivity contribution in [2.45, 2.75) is 12.5 Å². The molecule has 2 rings (SSSR count). The third-order valence-electron chi connectivity index (χ3n) is 3.11. The van der Waals surface area contributed by atoms with Gasteiger partial charge in [-0.3, -0.25) is 4.79 Å². The monoisotopic (exact) mass is 233 g/mol. The predicted octanol–water partition coefficient (Wildman–Crippen LogP) is 0.508. The van der Waals surface area contributed by atoms with Crippen LogP contribution in [0.4, 0.5) is 0 Å². The van der Waals surface area contributed by atoms with Crippen LogP contribution in [0.2, 0.25) is 0 Å². The molecule has 0 radical (unpaired) electrons. The molecule has 92 valence electrons. The van der Waals surface area contributed by atoms with Crippen LogP contribution in [0.15, 0.2) is 30.3 Å². The molecule has 0 aliphatic carbocycles. The molecule has 1 atom stereocenters. The van der Waals surface area contributed by atoms with E-state index in [1.54, 1.807) is 0 Å². The Balaban J connectivity index is 2.15. The van der Waals surface area contributed by atoms with Crippen LogP contribution in [0.25, 0.3) is 0 Å². The van der Waals surface area contributed by atoms with Gasteiger partial charge in [0.05, 0.1) is 6.04 Å². The van der Waals surface area contributed by atoms with Crippen molar-refractivity contribution in [3.8, 4) is 0 Å². The first-order valence-electron chi connectivity index (χ1n) is 6.08. The summed E-state index contributed by atoms with van der Waals surface area (Å²) in [6.45, 7) is 2.86. The lowest BCUT2D eigenvalue weighted by atomic mass is 10.0. The number of hydrogen-bond acceptors (Lipinski definition) is 3. The number of piperazine rings is 1. The number of rotatable bonds is 3. The number of amides is 1. The number of carbonyl (C=O) groups is 1. The van der Waals surface area contributed by atoms with Crippen molar-refractivity contribution in [3.63, 3.8) is 0 Å². The average Bonchev–Trinajstić information content (AvgIpc) is 2.40. The predicted molar refractivity (Wildman–Crippen MR) is 67.4 cm³/mol. The molecule has 1 aliphatic heterocycles. The lowest BCUT2D eigenvalue weighted by Crippen LogP contribution is -2.49. The summed E-state index contributed by atoms with van der Waals surface area (Å²) in [6.07, 6.45) is 0.434. The third kappa shape index (κ3) is 2.84. The van der Waals surface area contributed by atoms with Gasteiger partial charge in [-0.15, -0.1) is 0 Å². The number of nitrogens with one attached hydrogen (secondary N) is 1. The minimum Gasteiger partial charge on any atom is -0.333 e. The van der Waals surface area contributed by atoms with E-state index < -0.39 is 0 Å². The molecule has 1 unspecified atom stereocenters. The van der Waals surface area contributed by atoms with Crippen LogP contribution in [-0.2, 0) is 4.79 Å². The summed E-state index contributed by atoms with van der Waals surface area (Å²) >= 11 is 0. The van der Waals surface area contributed by atoms with Gasteiger partial charge in [-0.2, -0.15) is 0 Å². The Morgan fingerprint density at radius 3 is 2.88 bits per heavy atom. The molecule has 1 aromatic carbocycles. The first-order chi connectivity index (χ1) is 8.33. The van der Waals surface area contributed by atoms with Crippen LogP contribution in [-0.4, -0.2) is 37.0 Å². The third-order valence-corrected chi connectivity index (χ3v) is 3.11. The second-order valence-electron chi connectivity index (χ2n) is 4.26. The Bertz CT molecular complexity index is 366. The molecule has 4 heteroatoms. The highest BCUT2D eigenvalue weighted by molar-refractivity contribution is 5.77. The molecule has 0 spiro atoms. The van der Waals surface area contributed by atoms with Crippen LogP contribution < -0.4 is 11.1 Å². The van der Waals surface area contributed by atoms with Crippen molar-refractivity contribution in [1.29, 1.82) is 0 Å². The Morgan fingerprint density at radius 2 is 2.18 bits per heavy atom. The molecular formula is C13H19N3O. The highest BCUT2D eigenvalue weighted by Gasteiger charge is 2.26. The minimum atomic E-state index is 0.143. The summed E-state index contributed by atoms with van der Waals surface area (Å²) in [5, 5.41) is 3.34. The summed E-state index contributed by atoms with van der Waals surface area (Å²) in [5.41, 5.74) is 6.64. The molecule has 1 saturated heterocycles. The van der Waals surface area contributed by atoms with Crippen LogP contribution in [0.1, 0.15) is 18.0 Å². The molecule has 1 aromatic rings. The van der Waals surface area contributed by atoms with E-state index in [1.165, 1.54) is 5.56 Å². The van der Waals surface area contributed by atoms with Gasteiger partial charge in [0.1, 0.15) is 0 Å². The van der Waals surface area contributed by atoms with E-state index in [9.17, 15) is 4.79 Å². The number of nitrogens with zero attached hydrogens (tertiary/aromatic N) is 1. The zero-order valence-corrected chi connectivity index (χ0v) is 9.93. The molecule has 0 aromatic heterocycles. The van der Waals surface area contributed by atoms with Crippen LogP contribution in [0.3, 0.4) is 0 Å². The number of nitrogens with two attached hydrogens (primary N) is 1. The number of hydrogen-bond donors (Lipinski definition) is 2. The van der Waals surface area contributed by atoms with Crippen molar-refractivity contribution in [2.24, 2.45) is 5.73 Å². The van der Waals surface area contributed by atoms with Crippen LogP contribution in [0, 0.1) is 0 Å². The first kappa shape index (κ1) is 12.1. The normalized spacial score (nSPS) is 20.3. The fraction of sp³-hybridized carbons (Fsp3) is 0.462. The summed E-state index contributed by atoms with van der Waals surface area (Å²) in [4.78, 5) is 13.9. The zero-order valence-electron chi connectivity index (χ0n) is 9.93. The Hall–Kier alpha value is -1.39. The average molecular weight is 233 g/mol. The van der Waals surface area contributed by atoms with Gasteiger partial charge < -0.3 is 16.0 Å². The van der Waals surface area contributed by atoms with Gasteiger partial charge in [0.25, 0.3) is 0 Å². The van der Waals surface area contributed by atoms with Crippen molar-refractivity contribution in [3.05, 3.63) is 35.9 Å². The van der Waals surface area contributed by atoms with Gasteiger partial charge in [-0.25, -0.2) is 0 Å². The van der Waals surface area contributed by atoms with Gasteiger partial charge in [0.2, 0.25) is 5.91 Å². The summed E-state index contributed by atoms with van der Waals surface area (Å²) in [6, 6.07) is 10.3. The molecule has 17 heavy (non-hydrogen) atoms. The van der Waals surface area contributed by atoms with Crippen molar-refractivity contribution in [1.82, 2.24) is 10.2 Å². The van der Waals surface area contributed by atoms with E-state index in [0.717, 1.165) is 19.6 Å². The van der Waals surface area contributed by atoms with Crippen molar-refractivity contribution < 1.29 is 4.79 Å².